The predicted octanol–water partition coefficient (Wildman–Crippen LogP) is 1.18. The van der Waals surface area contributed by atoms with Crippen molar-refractivity contribution < 1.29 is 4.52 Å². The number of nitrogens with one attached hydrogen (secondary N) is 1. The summed E-state index contributed by atoms with van der Waals surface area (Å²) in [6, 6.07) is 2.10. The summed E-state index contributed by atoms with van der Waals surface area (Å²) in [5, 5.41) is 6.73. The van der Waals surface area contributed by atoms with Crippen LogP contribution in [0, 0.1) is 0 Å². The van der Waals surface area contributed by atoms with Gasteiger partial charge in [0.25, 0.3) is 5.56 Å². The zero-order valence-electron chi connectivity index (χ0n) is 9.17. The van der Waals surface area contributed by atoms with Crippen LogP contribution in [0.5, 0.6) is 0 Å². The first kappa shape index (κ1) is 10.1. The lowest BCUT2D eigenvalue weighted by atomic mass is 10.4. The Hall–Kier alpha value is -2.11. The van der Waals surface area contributed by atoms with E-state index in [1.165, 1.54) is 6.26 Å². The molecule has 0 radical (unpaired) electrons. The summed E-state index contributed by atoms with van der Waals surface area (Å²) >= 11 is 0. The van der Waals surface area contributed by atoms with Crippen LogP contribution in [0.15, 0.2) is 34.0 Å². The summed E-state index contributed by atoms with van der Waals surface area (Å²) in [6.45, 7) is 0.438. The van der Waals surface area contributed by atoms with Gasteiger partial charge in [-0.25, -0.2) is 4.98 Å². The number of hydrogen-bond acceptors (Lipinski definition) is 5. The number of aromatic nitrogens is 3. The monoisotopic (exact) mass is 232 g/mol. The van der Waals surface area contributed by atoms with Gasteiger partial charge in [0.15, 0.2) is 5.82 Å². The number of rotatable bonds is 4. The number of hydrogen-bond donors (Lipinski definition) is 1. The second-order valence-corrected chi connectivity index (χ2v) is 4.06. The first-order chi connectivity index (χ1) is 8.34. The summed E-state index contributed by atoms with van der Waals surface area (Å²) in [5.41, 5.74) is 0.673. The van der Waals surface area contributed by atoms with Gasteiger partial charge in [-0.15, -0.1) is 0 Å². The molecule has 3 rings (SSSR count). The molecule has 0 amide bonds. The van der Waals surface area contributed by atoms with Crippen LogP contribution >= 0.6 is 0 Å². The highest BCUT2D eigenvalue weighted by Gasteiger charge is 2.25. The van der Waals surface area contributed by atoms with Crippen LogP contribution in [-0.2, 0) is 6.54 Å². The highest BCUT2D eigenvalue weighted by Crippen LogP contribution is 2.33. The van der Waals surface area contributed by atoms with Gasteiger partial charge < -0.3 is 14.4 Å². The van der Waals surface area contributed by atoms with Crippen molar-refractivity contribution in [3.8, 4) is 0 Å². The molecule has 0 unspecified atom stereocenters. The van der Waals surface area contributed by atoms with Gasteiger partial charge >= 0.3 is 0 Å². The molecule has 6 nitrogen and oxygen atoms in total. The molecule has 17 heavy (non-hydrogen) atoms. The minimum absolute atomic E-state index is 0.0708. The molecule has 1 N–H and O–H groups in total. The highest BCUT2D eigenvalue weighted by molar-refractivity contribution is 5.31. The van der Waals surface area contributed by atoms with Crippen LogP contribution in [0.1, 0.15) is 24.6 Å². The maximum absolute atomic E-state index is 12.0. The third-order valence-electron chi connectivity index (χ3n) is 2.74. The van der Waals surface area contributed by atoms with Crippen molar-refractivity contribution in [2.45, 2.75) is 25.4 Å². The van der Waals surface area contributed by atoms with Gasteiger partial charge in [-0.1, -0.05) is 5.16 Å². The van der Waals surface area contributed by atoms with Gasteiger partial charge in [-0.2, -0.15) is 0 Å². The lowest BCUT2D eigenvalue weighted by Gasteiger charge is -2.06. The van der Waals surface area contributed by atoms with E-state index in [1.807, 2.05) is 0 Å². The molecule has 6 heteroatoms. The van der Waals surface area contributed by atoms with E-state index in [0.717, 1.165) is 18.5 Å². The summed E-state index contributed by atoms with van der Waals surface area (Å²) in [6.07, 6.45) is 7.03. The van der Waals surface area contributed by atoms with Crippen molar-refractivity contribution in [2.75, 3.05) is 5.32 Å². The van der Waals surface area contributed by atoms with Gasteiger partial charge in [0.2, 0.25) is 0 Å². The molecule has 0 spiro atoms. The highest BCUT2D eigenvalue weighted by atomic mass is 16.5. The van der Waals surface area contributed by atoms with Crippen molar-refractivity contribution in [3.05, 3.63) is 40.8 Å². The quantitative estimate of drug-likeness (QED) is 0.856. The van der Waals surface area contributed by atoms with Crippen LogP contribution in [0.2, 0.25) is 0 Å². The van der Waals surface area contributed by atoms with E-state index in [1.54, 1.807) is 23.0 Å². The fraction of sp³-hybridized carbons (Fsp3) is 0.364. The lowest BCUT2D eigenvalue weighted by molar-refractivity contribution is 0.412. The van der Waals surface area contributed by atoms with Gasteiger partial charge in [-0.3, -0.25) is 4.79 Å². The molecule has 1 aliphatic rings. The zero-order chi connectivity index (χ0) is 11.7. The van der Waals surface area contributed by atoms with E-state index in [9.17, 15) is 4.79 Å². The number of nitrogens with zero attached hydrogens (tertiary/aromatic N) is 3. The summed E-state index contributed by atoms with van der Waals surface area (Å²) < 4.78 is 6.45. The molecule has 0 aromatic carbocycles. The van der Waals surface area contributed by atoms with Crippen LogP contribution in [0.25, 0.3) is 0 Å². The topological polar surface area (TPSA) is 73.0 Å². The third kappa shape index (κ3) is 2.06. The number of anilines is 1. The zero-order valence-corrected chi connectivity index (χ0v) is 9.17. The molecule has 1 aliphatic carbocycles. The van der Waals surface area contributed by atoms with Crippen LogP contribution in [0.4, 0.5) is 5.82 Å². The summed E-state index contributed by atoms with van der Waals surface area (Å²) in [7, 11) is 0. The van der Waals surface area contributed by atoms with Crippen molar-refractivity contribution in [2.24, 2.45) is 0 Å². The van der Waals surface area contributed by atoms with Crippen LogP contribution in [-0.4, -0.2) is 14.7 Å². The van der Waals surface area contributed by atoms with Gasteiger partial charge in [0.05, 0.1) is 6.54 Å². The average molecular weight is 232 g/mol. The van der Waals surface area contributed by atoms with E-state index < -0.39 is 0 Å². The first-order valence-electron chi connectivity index (χ1n) is 5.55. The molecular formula is C11H12N4O2. The molecule has 0 atom stereocenters. The Morgan fingerprint density at radius 3 is 3.12 bits per heavy atom. The lowest BCUT2D eigenvalue weighted by Crippen LogP contribution is -2.23. The molecule has 2 heterocycles. The Morgan fingerprint density at radius 2 is 2.41 bits per heavy atom. The minimum Gasteiger partial charge on any atom is -0.364 e. The van der Waals surface area contributed by atoms with E-state index in [4.69, 9.17) is 4.52 Å². The molecule has 0 aliphatic heterocycles. The SMILES string of the molecule is O=c1c(NCc2ccon2)nccn1C1CC1. The standard InChI is InChI=1S/C11H12N4O2/c16-11-10(13-7-8-3-6-17-14-8)12-4-5-15(11)9-1-2-9/h3-6,9H,1-2,7H2,(H,12,13). The van der Waals surface area contributed by atoms with E-state index >= 15 is 0 Å². The smallest absolute Gasteiger partial charge is 0.293 e. The molecule has 0 bridgehead atoms. The van der Waals surface area contributed by atoms with Crippen molar-refractivity contribution in [1.82, 2.24) is 14.7 Å². The van der Waals surface area contributed by atoms with Crippen LogP contribution < -0.4 is 10.9 Å². The second-order valence-electron chi connectivity index (χ2n) is 4.06. The Balaban J connectivity index is 1.78. The molecule has 1 fully saturated rings. The predicted molar refractivity (Wildman–Crippen MR) is 60.6 cm³/mol. The molecule has 1 saturated carbocycles. The minimum atomic E-state index is -0.0708. The normalized spacial score (nSPS) is 14.8. The van der Waals surface area contributed by atoms with Crippen molar-refractivity contribution in [3.63, 3.8) is 0 Å². The van der Waals surface area contributed by atoms with Gasteiger partial charge in [0.1, 0.15) is 12.0 Å². The third-order valence-corrected chi connectivity index (χ3v) is 2.74. The Kier molecular flexibility index (Phi) is 2.40. The Labute approximate surface area is 97.3 Å². The molecule has 2 aromatic heterocycles. The molecule has 2 aromatic rings. The van der Waals surface area contributed by atoms with Crippen LogP contribution in [0.3, 0.4) is 0 Å². The second kappa shape index (κ2) is 4.04. The van der Waals surface area contributed by atoms with E-state index in [0.29, 0.717) is 18.4 Å². The summed E-state index contributed by atoms with van der Waals surface area (Å²) in [4.78, 5) is 16.0. The summed E-state index contributed by atoms with van der Waals surface area (Å²) in [5.74, 6) is 0.363. The van der Waals surface area contributed by atoms with Crippen molar-refractivity contribution in [1.29, 1.82) is 0 Å². The first-order valence-corrected chi connectivity index (χ1v) is 5.55. The maximum atomic E-state index is 12.0. The Morgan fingerprint density at radius 1 is 1.53 bits per heavy atom. The van der Waals surface area contributed by atoms with E-state index in [2.05, 4.69) is 15.5 Å². The van der Waals surface area contributed by atoms with Gasteiger partial charge in [0, 0.05) is 24.5 Å². The van der Waals surface area contributed by atoms with E-state index in [-0.39, 0.29) is 5.56 Å². The fourth-order valence-corrected chi connectivity index (χ4v) is 1.69. The van der Waals surface area contributed by atoms with Gasteiger partial charge in [-0.05, 0) is 12.8 Å². The molecule has 88 valence electrons. The fourth-order valence-electron chi connectivity index (χ4n) is 1.69. The largest absolute Gasteiger partial charge is 0.364 e. The van der Waals surface area contributed by atoms with Crippen molar-refractivity contribution >= 4 is 5.82 Å². The average Bonchev–Trinajstić information content (AvgIpc) is 3.04. The molecular weight excluding hydrogens is 220 g/mol. The molecule has 0 saturated heterocycles. The maximum Gasteiger partial charge on any atom is 0.293 e. The Bertz CT molecular complexity index is 557.